The van der Waals surface area contributed by atoms with Crippen molar-refractivity contribution in [3.63, 3.8) is 0 Å². The first-order chi connectivity index (χ1) is 10.1. The van der Waals surface area contributed by atoms with Gasteiger partial charge in [0.15, 0.2) is 0 Å². The fraction of sp³-hybridized carbons (Fsp3) is 0.600. The molecule has 0 aromatic heterocycles. The maximum atomic E-state index is 12.1. The minimum absolute atomic E-state index is 0.336. The van der Waals surface area contributed by atoms with Crippen LogP contribution in [0.15, 0.2) is 29.2 Å². The molecule has 1 aromatic rings. The molecular weight excluding hydrogens is 286 g/mol. The highest BCUT2D eigenvalue weighted by atomic mass is 32.2. The Balaban J connectivity index is 2.13. The zero-order valence-electron chi connectivity index (χ0n) is 12.8. The third kappa shape index (κ3) is 3.96. The maximum Gasteiger partial charge on any atom is 0.240 e. The normalized spacial score (nSPS) is 15.7. The van der Waals surface area contributed by atoms with E-state index >= 15 is 0 Å². The smallest absolute Gasteiger partial charge is 0.240 e. The predicted octanol–water partition coefficient (Wildman–Crippen LogP) is 1.56. The summed E-state index contributed by atoms with van der Waals surface area (Å²) >= 11 is 0. The second-order valence-corrected chi connectivity index (χ2v) is 7.16. The lowest BCUT2D eigenvalue weighted by atomic mass is 10.1. The Morgan fingerprint density at radius 1 is 1.19 bits per heavy atom. The molecule has 1 saturated heterocycles. The number of anilines is 1. The van der Waals surface area contributed by atoms with Crippen LogP contribution in [0, 0.1) is 0 Å². The molecule has 0 amide bonds. The van der Waals surface area contributed by atoms with Crippen LogP contribution in [0.3, 0.4) is 0 Å². The van der Waals surface area contributed by atoms with Gasteiger partial charge in [-0.1, -0.05) is 13.8 Å². The van der Waals surface area contributed by atoms with Crippen LogP contribution in [0.25, 0.3) is 0 Å². The van der Waals surface area contributed by atoms with Crippen LogP contribution < -0.4 is 14.9 Å². The van der Waals surface area contributed by atoms with E-state index in [4.69, 9.17) is 0 Å². The van der Waals surface area contributed by atoms with Gasteiger partial charge >= 0.3 is 0 Å². The third-order valence-electron chi connectivity index (χ3n) is 3.69. The van der Waals surface area contributed by atoms with Gasteiger partial charge in [0.25, 0.3) is 0 Å². The maximum absolute atomic E-state index is 12.1. The van der Waals surface area contributed by atoms with E-state index in [-0.39, 0.29) is 0 Å². The molecular formula is C15H25N3O2S. The molecule has 5 nitrogen and oxygen atoms in total. The van der Waals surface area contributed by atoms with E-state index in [1.165, 1.54) is 0 Å². The molecule has 118 valence electrons. The molecule has 21 heavy (non-hydrogen) atoms. The van der Waals surface area contributed by atoms with Crippen molar-refractivity contribution in [1.82, 2.24) is 10.0 Å². The van der Waals surface area contributed by atoms with E-state index in [1.54, 1.807) is 12.1 Å². The quantitative estimate of drug-likeness (QED) is 0.765. The highest BCUT2D eigenvalue weighted by Crippen LogP contribution is 2.21. The van der Waals surface area contributed by atoms with Gasteiger partial charge in [-0.2, -0.15) is 0 Å². The van der Waals surface area contributed by atoms with Crippen molar-refractivity contribution in [2.75, 3.05) is 31.1 Å². The van der Waals surface area contributed by atoms with Crippen LogP contribution in [-0.2, 0) is 10.0 Å². The van der Waals surface area contributed by atoms with Gasteiger partial charge in [0.2, 0.25) is 10.0 Å². The van der Waals surface area contributed by atoms with Crippen LogP contribution in [0.2, 0.25) is 0 Å². The van der Waals surface area contributed by atoms with Crippen molar-refractivity contribution in [3.8, 4) is 0 Å². The Morgan fingerprint density at radius 2 is 1.86 bits per heavy atom. The van der Waals surface area contributed by atoms with Gasteiger partial charge in [-0.05, 0) is 37.1 Å². The lowest BCUT2D eigenvalue weighted by molar-refractivity contribution is 0.412. The van der Waals surface area contributed by atoms with E-state index < -0.39 is 10.0 Å². The first-order valence-electron chi connectivity index (χ1n) is 7.65. The molecule has 2 N–H and O–H groups in total. The van der Waals surface area contributed by atoms with Crippen molar-refractivity contribution >= 4 is 15.7 Å². The Kier molecular flexibility index (Phi) is 5.61. The minimum atomic E-state index is -3.37. The number of sulfonamides is 1. The molecule has 2 rings (SSSR count). The van der Waals surface area contributed by atoms with Gasteiger partial charge in [-0.3, -0.25) is 0 Å². The van der Waals surface area contributed by atoms with E-state index in [1.807, 2.05) is 19.1 Å². The summed E-state index contributed by atoms with van der Waals surface area (Å²) in [5.41, 5.74) is 1.10. The zero-order chi connectivity index (χ0) is 15.3. The molecule has 0 aliphatic carbocycles. The molecule has 0 spiro atoms. The summed E-state index contributed by atoms with van der Waals surface area (Å²) < 4.78 is 26.7. The van der Waals surface area contributed by atoms with Crippen LogP contribution in [0.4, 0.5) is 5.69 Å². The standard InChI is InChI=1S/C15H25N3O2S/c1-3-9-17-21(19,20)15-7-5-13(6-8-15)18(10-4-2)14-11-16-12-14/h5-8,14,16-17H,3-4,9-12H2,1-2H3. The van der Waals surface area contributed by atoms with Crippen molar-refractivity contribution in [2.24, 2.45) is 0 Å². The highest BCUT2D eigenvalue weighted by molar-refractivity contribution is 7.89. The highest BCUT2D eigenvalue weighted by Gasteiger charge is 2.24. The van der Waals surface area contributed by atoms with Crippen LogP contribution in [0.1, 0.15) is 26.7 Å². The predicted molar refractivity (Wildman–Crippen MR) is 86.2 cm³/mol. The third-order valence-corrected chi connectivity index (χ3v) is 5.16. The molecule has 0 unspecified atom stereocenters. The largest absolute Gasteiger partial charge is 0.366 e. The molecule has 0 saturated carbocycles. The van der Waals surface area contributed by atoms with Gasteiger partial charge < -0.3 is 10.2 Å². The number of nitrogens with one attached hydrogen (secondary N) is 2. The summed E-state index contributed by atoms with van der Waals surface area (Å²) in [6, 6.07) is 7.73. The second-order valence-electron chi connectivity index (χ2n) is 5.40. The van der Waals surface area contributed by atoms with Crippen molar-refractivity contribution in [3.05, 3.63) is 24.3 Å². The fourth-order valence-electron chi connectivity index (χ4n) is 2.39. The first-order valence-corrected chi connectivity index (χ1v) is 9.14. The molecule has 1 heterocycles. The van der Waals surface area contributed by atoms with Crippen molar-refractivity contribution in [1.29, 1.82) is 0 Å². The molecule has 1 aliphatic heterocycles. The second kappa shape index (κ2) is 7.24. The summed E-state index contributed by atoms with van der Waals surface area (Å²) in [6.07, 6.45) is 1.87. The SMILES string of the molecule is CCCNS(=O)(=O)c1ccc(N(CCC)C2CNC2)cc1. The van der Waals surface area contributed by atoms with Gasteiger partial charge in [0.1, 0.15) is 0 Å². The first kappa shape index (κ1) is 16.3. The lowest BCUT2D eigenvalue weighted by Crippen LogP contribution is -2.57. The average molecular weight is 311 g/mol. The Hall–Kier alpha value is -1.11. The van der Waals surface area contributed by atoms with Crippen molar-refractivity contribution < 1.29 is 8.42 Å². The Bertz CT molecular complexity index is 539. The number of nitrogens with zero attached hydrogens (tertiary/aromatic N) is 1. The molecule has 0 radical (unpaired) electrons. The van der Waals surface area contributed by atoms with Gasteiger partial charge in [0.05, 0.1) is 10.9 Å². The summed E-state index contributed by atoms with van der Waals surface area (Å²) in [7, 11) is -3.37. The summed E-state index contributed by atoms with van der Waals surface area (Å²) in [5.74, 6) is 0. The molecule has 0 atom stereocenters. The topological polar surface area (TPSA) is 61.4 Å². The molecule has 1 aromatic carbocycles. The summed E-state index contributed by atoms with van der Waals surface area (Å²) in [4.78, 5) is 2.69. The Labute approximate surface area is 127 Å². The van der Waals surface area contributed by atoms with Crippen LogP contribution in [0.5, 0.6) is 0 Å². The number of hydrogen-bond acceptors (Lipinski definition) is 4. The lowest BCUT2D eigenvalue weighted by Gasteiger charge is -2.39. The van der Waals surface area contributed by atoms with Gasteiger partial charge in [0, 0.05) is 31.9 Å². The van der Waals surface area contributed by atoms with E-state index in [0.717, 1.165) is 38.2 Å². The fourth-order valence-corrected chi connectivity index (χ4v) is 3.53. The summed E-state index contributed by atoms with van der Waals surface area (Å²) in [5, 5.41) is 3.28. The number of benzene rings is 1. The van der Waals surface area contributed by atoms with E-state index in [2.05, 4.69) is 21.9 Å². The monoisotopic (exact) mass is 311 g/mol. The molecule has 6 heteroatoms. The van der Waals surface area contributed by atoms with Crippen LogP contribution in [-0.4, -0.2) is 40.6 Å². The van der Waals surface area contributed by atoms with Gasteiger partial charge in [-0.25, -0.2) is 13.1 Å². The average Bonchev–Trinajstić information content (AvgIpc) is 2.43. The van der Waals surface area contributed by atoms with Crippen LogP contribution >= 0.6 is 0 Å². The number of rotatable bonds is 8. The zero-order valence-corrected chi connectivity index (χ0v) is 13.6. The van der Waals surface area contributed by atoms with E-state index in [9.17, 15) is 8.42 Å². The number of hydrogen-bond donors (Lipinski definition) is 2. The Morgan fingerprint density at radius 3 is 2.33 bits per heavy atom. The minimum Gasteiger partial charge on any atom is -0.366 e. The molecule has 1 fully saturated rings. The van der Waals surface area contributed by atoms with E-state index in [0.29, 0.717) is 17.5 Å². The molecule has 1 aliphatic rings. The van der Waals surface area contributed by atoms with Gasteiger partial charge in [-0.15, -0.1) is 0 Å². The van der Waals surface area contributed by atoms with Crippen molar-refractivity contribution in [2.45, 2.75) is 37.6 Å². The molecule has 0 bridgehead atoms. The summed E-state index contributed by atoms with van der Waals surface area (Å²) in [6.45, 7) is 7.57.